The Labute approximate surface area is 244 Å². The molecule has 16 heteroatoms. The average molecular weight is 650 g/mol. The van der Waals surface area contributed by atoms with Gasteiger partial charge in [0, 0.05) is 30.1 Å². The third kappa shape index (κ3) is 8.22. The summed E-state index contributed by atoms with van der Waals surface area (Å²) in [5, 5.41) is 1.73. The van der Waals surface area contributed by atoms with Crippen LogP contribution < -0.4 is 4.74 Å². The van der Waals surface area contributed by atoms with E-state index in [9.17, 15) is 26.2 Å². The zero-order valence-electron chi connectivity index (χ0n) is 22.3. The highest BCUT2D eigenvalue weighted by Gasteiger charge is 2.30. The van der Waals surface area contributed by atoms with E-state index in [0.29, 0.717) is 43.8 Å². The van der Waals surface area contributed by atoms with Gasteiger partial charge in [-0.3, -0.25) is 9.42 Å². The Kier molecular flexibility index (Phi) is 9.88. The first kappa shape index (κ1) is 32.2. The number of sulfone groups is 1. The number of aromatic amines is 1. The zero-order chi connectivity index (χ0) is 30.7. The van der Waals surface area contributed by atoms with Gasteiger partial charge >= 0.3 is 14.0 Å². The van der Waals surface area contributed by atoms with E-state index < -0.39 is 37.0 Å². The van der Waals surface area contributed by atoms with E-state index in [0.717, 1.165) is 4.90 Å². The van der Waals surface area contributed by atoms with Gasteiger partial charge in [-0.05, 0) is 47.9 Å². The molecular formula is C26H28ClF3N3O7PS. The lowest BCUT2D eigenvalue weighted by Crippen LogP contribution is -2.37. The molecule has 228 valence electrons. The van der Waals surface area contributed by atoms with E-state index in [4.69, 9.17) is 26.1 Å². The highest BCUT2D eigenvalue weighted by Crippen LogP contribution is 2.40. The smallest absolute Gasteiger partial charge is 0.469 e. The third-order valence-electron chi connectivity index (χ3n) is 6.36. The van der Waals surface area contributed by atoms with E-state index >= 15 is 0 Å². The number of phosphoric ester groups is 1. The monoisotopic (exact) mass is 649 g/mol. The molecule has 4 aromatic rings. The Bertz CT molecular complexity index is 1730. The Morgan fingerprint density at radius 2 is 1.88 bits per heavy atom. The number of pyridine rings is 1. The van der Waals surface area contributed by atoms with Crippen molar-refractivity contribution in [1.82, 2.24) is 14.9 Å². The van der Waals surface area contributed by atoms with E-state index in [-0.39, 0.29) is 36.8 Å². The van der Waals surface area contributed by atoms with Gasteiger partial charge < -0.3 is 19.5 Å². The number of hydrogen-bond acceptors (Lipinski definition) is 7. The van der Waals surface area contributed by atoms with Gasteiger partial charge in [0.25, 0.3) is 0 Å². The maximum absolute atomic E-state index is 13.0. The number of alkyl halides is 3. The Balaban J connectivity index is 1.60. The van der Waals surface area contributed by atoms with E-state index in [1.807, 2.05) is 0 Å². The van der Waals surface area contributed by atoms with Crippen LogP contribution >= 0.6 is 19.4 Å². The standard InChI is InChI=1S/C26H28ClF3N3O7PS/c1-2-42(37,38)19-6-3-5-17(13-19)20-7-8-22(24-23(20)21-14-18(27)15-31-25(21)32-24)39-11-4-9-33(16-26(28,29)30)10-12-40-41(34,35)36/h3,5-8,13-15H,2,4,9-12,16H2,1H3,(H,31,32)(H2,34,35,36). The number of ether oxygens (including phenoxy) is 1. The molecule has 0 aliphatic carbocycles. The van der Waals surface area contributed by atoms with E-state index in [1.54, 1.807) is 43.3 Å². The lowest BCUT2D eigenvalue weighted by molar-refractivity contribution is -0.146. The highest BCUT2D eigenvalue weighted by atomic mass is 35.5. The molecule has 0 spiro atoms. The van der Waals surface area contributed by atoms with Crippen LogP contribution in [0.5, 0.6) is 5.75 Å². The van der Waals surface area contributed by atoms with Crippen molar-refractivity contribution in [2.45, 2.75) is 24.4 Å². The number of H-pyrrole nitrogens is 1. The molecule has 0 atom stereocenters. The molecule has 0 aliphatic heterocycles. The molecule has 10 nitrogen and oxygen atoms in total. The van der Waals surface area contributed by atoms with Gasteiger partial charge in [0.2, 0.25) is 0 Å². The summed E-state index contributed by atoms with van der Waals surface area (Å²) in [4.78, 5) is 26.3. The molecule has 0 bridgehead atoms. The van der Waals surface area contributed by atoms with Crippen molar-refractivity contribution in [3.8, 4) is 16.9 Å². The molecule has 0 saturated carbocycles. The van der Waals surface area contributed by atoms with Gasteiger partial charge in [-0.15, -0.1) is 0 Å². The molecule has 2 aromatic heterocycles. The fourth-order valence-electron chi connectivity index (χ4n) is 4.50. The Morgan fingerprint density at radius 3 is 2.57 bits per heavy atom. The molecule has 4 rings (SSSR count). The molecular weight excluding hydrogens is 622 g/mol. The molecule has 0 aliphatic rings. The normalized spacial score (nSPS) is 13.0. The number of benzene rings is 2. The van der Waals surface area contributed by atoms with E-state index in [2.05, 4.69) is 14.5 Å². The number of nitrogens with one attached hydrogen (secondary N) is 1. The van der Waals surface area contributed by atoms with Crippen molar-refractivity contribution in [2.75, 3.05) is 38.6 Å². The fourth-order valence-corrected chi connectivity index (χ4v) is 5.91. The van der Waals surface area contributed by atoms with Crippen molar-refractivity contribution in [3.63, 3.8) is 0 Å². The number of rotatable bonds is 13. The van der Waals surface area contributed by atoms with Crippen LogP contribution in [0.4, 0.5) is 13.2 Å². The van der Waals surface area contributed by atoms with Gasteiger partial charge in [-0.2, -0.15) is 13.2 Å². The first-order valence-corrected chi connectivity index (χ1v) is 16.3. The number of aromatic nitrogens is 2. The molecule has 2 heterocycles. The summed E-state index contributed by atoms with van der Waals surface area (Å²) in [5.74, 6) is 0.343. The van der Waals surface area contributed by atoms with Crippen LogP contribution in [0.15, 0.2) is 53.6 Å². The third-order valence-corrected chi connectivity index (χ3v) is 8.82. The largest absolute Gasteiger partial charge is 0.491 e. The second-order valence-electron chi connectivity index (χ2n) is 9.38. The van der Waals surface area contributed by atoms with Crippen molar-refractivity contribution in [1.29, 1.82) is 0 Å². The first-order valence-electron chi connectivity index (χ1n) is 12.7. The number of phosphoric acid groups is 1. The predicted molar refractivity (Wildman–Crippen MR) is 152 cm³/mol. The maximum Gasteiger partial charge on any atom is 0.469 e. The van der Waals surface area contributed by atoms with Crippen molar-refractivity contribution >= 4 is 51.2 Å². The molecule has 0 saturated heterocycles. The minimum atomic E-state index is -4.80. The molecule has 0 unspecified atom stereocenters. The topological polar surface area (TPSA) is 142 Å². The molecule has 0 fully saturated rings. The molecule has 3 N–H and O–H groups in total. The predicted octanol–water partition coefficient (Wildman–Crippen LogP) is 5.57. The maximum atomic E-state index is 13.0. The van der Waals surface area contributed by atoms with Gasteiger partial charge in [0.1, 0.15) is 11.4 Å². The number of fused-ring (bicyclic) bond motifs is 3. The molecule has 0 radical (unpaired) electrons. The fraction of sp³-hybridized carbons (Fsp3) is 0.346. The Morgan fingerprint density at radius 1 is 1.12 bits per heavy atom. The summed E-state index contributed by atoms with van der Waals surface area (Å²) < 4.78 is 85.2. The minimum Gasteiger partial charge on any atom is -0.491 e. The number of nitrogens with zero attached hydrogens (tertiary/aromatic N) is 2. The van der Waals surface area contributed by atoms with Crippen LogP contribution in [0.1, 0.15) is 13.3 Å². The summed E-state index contributed by atoms with van der Waals surface area (Å²) in [7, 11) is -8.26. The molecule has 42 heavy (non-hydrogen) atoms. The number of hydrogen-bond donors (Lipinski definition) is 3. The lowest BCUT2D eigenvalue weighted by Gasteiger charge is -2.23. The lowest BCUT2D eigenvalue weighted by atomic mass is 9.99. The van der Waals surface area contributed by atoms with Gasteiger partial charge in [-0.25, -0.2) is 18.0 Å². The summed E-state index contributed by atoms with van der Waals surface area (Å²) in [5.41, 5.74) is 2.39. The van der Waals surface area contributed by atoms with Crippen LogP contribution in [0.3, 0.4) is 0 Å². The summed E-state index contributed by atoms with van der Waals surface area (Å²) >= 11 is 6.23. The first-order chi connectivity index (χ1) is 19.7. The van der Waals surface area contributed by atoms with Crippen molar-refractivity contribution < 1.29 is 45.2 Å². The number of halogens is 4. The van der Waals surface area contributed by atoms with Gasteiger partial charge in [0.15, 0.2) is 9.84 Å². The second kappa shape index (κ2) is 12.9. The van der Waals surface area contributed by atoms with Crippen molar-refractivity contribution in [2.24, 2.45) is 0 Å². The molecule has 2 aromatic carbocycles. The SMILES string of the molecule is CCS(=O)(=O)c1cccc(-c2ccc(OCCCN(CCOP(=O)(O)O)CC(F)(F)F)c3[nH]c4ncc(Cl)cc4c23)c1. The quantitative estimate of drug-likeness (QED) is 0.125. The second-order valence-corrected chi connectivity index (χ2v) is 13.3. The van der Waals surface area contributed by atoms with Crippen LogP contribution in [0, 0.1) is 0 Å². The average Bonchev–Trinajstić information content (AvgIpc) is 3.28. The summed E-state index contributed by atoms with van der Waals surface area (Å²) in [6.07, 6.45) is -2.88. The van der Waals surface area contributed by atoms with Gasteiger partial charge in [0.05, 0.1) is 40.9 Å². The van der Waals surface area contributed by atoms with Gasteiger partial charge in [-0.1, -0.05) is 30.7 Å². The Hall–Kier alpha value is -2.71. The van der Waals surface area contributed by atoms with Crippen LogP contribution in [-0.2, 0) is 18.9 Å². The van der Waals surface area contributed by atoms with Crippen molar-refractivity contribution in [3.05, 3.63) is 53.7 Å². The van der Waals surface area contributed by atoms with Crippen LogP contribution in [-0.4, -0.2) is 77.8 Å². The van der Waals surface area contributed by atoms with E-state index in [1.165, 1.54) is 12.3 Å². The minimum absolute atomic E-state index is 0.0237. The van der Waals surface area contributed by atoms with Crippen LogP contribution in [0.25, 0.3) is 33.1 Å². The van der Waals surface area contributed by atoms with Crippen LogP contribution in [0.2, 0.25) is 5.02 Å². The zero-order valence-corrected chi connectivity index (χ0v) is 24.7. The summed E-state index contributed by atoms with van der Waals surface area (Å²) in [6.45, 7) is -0.681. The summed E-state index contributed by atoms with van der Waals surface area (Å²) in [6, 6.07) is 11.7. The molecule has 0 amide bonds. The highest BCUT2D eigenvalue weighted by molar-refractivity contribution is 7.91.